The van der Waals surface area contributed by atoms with Gasteiger partial charge in [0.15, 0.2) is 0 Å². The number of benzene rings is 2. The number of hydrogen-bond acceptors (Lipinski definition) is 2. The molecule has 122 valence electrons. The van der Waals surface area contributed by atoms with E-state index in [9.17, 15) is 12.8 Å². The average molecular weight is 374 g/mol. The lowest BCUT2D eigenvalue weighted by molar-refractivity contribution is 0.464. The maximum Gasteiger partial charge on any atom is 0.236 e. The van der Waals surface area contributed by atoms with E-state index in [-0.39, 0.29) is 17.1 Å². The zero-order chi connectivity index (χ0) is 17.0. The molecule has 0 aliphatic rings. The maximum atomic E-state index is 13.8. The molecule has 0 unspecified atom stereocenters. The van der Waals surface area contributed by atoms with Gasteiger partial charge in [-0.15, -0.1) is 0 Å². The van der Waals surface area contributed by atoms with E-state index in [4.69, 9.17) is 23.2 Å². The van der Waals surface area contributed by atoms with Crippen molar-refractivity contribution in [2.45, 2.75) is 6.54 Å². The molecule has 0 amide bonds. The Morgan fingerprint density at radius 2 is 1.78 bits per heavy atom. The summed E-state index contributed by atoms with van der Waals surface area (Å²) in [6, 6.07) is 10.9. The SMILES string of the molecule is CN(Cc1c(F)cccc1Cl)S(=O)(=O)/C=C/c1ccc(Cl)cc1. The van der Waals surface area contributed by atoms with E-state index < -0.39 is 15.8 Å². The number of nitrogens with zero attached hydrogens (tertiary/aromatic N) is 1. The topological polar surface area (TPSA) is 37.4 Å². The largest absolute Gasteiger partial charge is 0.236 e. The number of rotatable bonds is 5. The van der Waals surface area contributed by atoms with E-state index in [0.717, 1.165) is 9.71 Å². The number of sulfonamides is 1. The van der Waals surface area contributed by atoms with E-state index in [2.05, 4.69) is 0 Å². The van der Waals surface area contributed by atoms with Crippen LogP contribution in [0.25, 0.3) is 6.08 Å². The summed E-state index contributed by atoms with van der Waals surface area (Å²) in [7, 11) is -2.34. The first-order chi connectivity index (χ1) is 10.8. The van der Waals surface area contributed by atoms with E-state index in [1.807, 2.05) is 0 Å². The van der Waals surface area contributed by atoms with Crippen molar-refractivity contribution >= 4 is 39.3 Å². The lowest BCUT2D eigenvalue weighted by atomic mass is 10.2. The molecule has 0 aliphatic heterocycles. The third-order valence-electron chi connectivity index (χ3n) is 3.18. The Balaban J connectivity index is 2.17. The highest BCUT2D eigenvalue weighted by Gasteiger charge is 2.18. The molecule has 3 nitrogen and oxygen atoms in total. The van der Waals surface area contributed by atoms with Crippen molar-refractivity contribution in [3.8, 4) is 0 Å². The zero-order valence-electron chi connectivity index (χ0n) is 12.2. The highest BCUT2D eigenvalue weighted by Crippen LogP contribution is 2.22. The van der Waals surface area contributed by atoms with Gasteiger partial charge in [-0.1, -0.05) is 41.4 Å². The summed E-state index contributed by atoms with van der Waals surface area (Å²) >= 11 is 11.7. The standard InChI is InChI=1S/C16H14Cl2FNO2S/c1-20(11-14-15(18)3-2-4-16(14)19)23(21,22)10-9-12-5-7-13(17)8-6-12/h2-10H,11H2,1H3/b10-9+. The fraction of sp³-hybridized carbons (Fsp3) is 0.125. The Hall–Kier alpha value is -1.40. The minimum atomic E-state index is -3.71. The molecular weight excluding hydrogens is 360 g/mol. The van der Waals surface area contributed by atoms with Crippen molar-refractivity contribution in [3.05, 3.63) is 74.9 Å². The molecule has 0 bridgehead atoms. The summed E-state index contributed by atoms with van der Waals surface area (Å²) in [5, 5.41) is 1.82. The summed E-state index contributed by atoms with van der Waals surface area (Å²) in [5.41, 5.74) is 0.829. The van der Waals surface area contributed by atoms with Gasteiger partial charge in [-0.3, -0.25) is 0 Å². The van der Waals surface area contributed by atoms with E-state index >= 15 is 0 Å². The second-order valence-corrected chi connectivity index (χ2v) is 7.62. The Labute approximate surface area is 145 Å². The molecule has 0 aliphatic carbocycles. The predicted octanol–water partition coefficient (Wildman–Crippen LogP) is 4.57. The molecule has 2 aromatic rings. The number of hydrogen-bond donors (Lipinski definition) is 0. The summed E-state index contributed by atoms with van der Waals surface area (Å²) in [5.74, 6) is -0.541. The molecule has 0 radical (unpaired) electrons. The molecule has 2 aromatic carbocycles. The van der Waals surface area contributed by atoms with Crippen LogP contribution < -0.4 is 0 Å². The summed E-state index contributed by atoms with van der Waals surface area (Å²) in [6.45, 7) is -0.154. The fourth-order valence-corrected chi connectivity index (χ4v) is 3.03. The minimum Gasteiger partial charge on any atom is -0.208 e. The molecule has 0 N–H and O–H groups in total. The fourth-order valence-electron chi connectivity index (χ4n) is 1.84. The molecule has 0 saturated carbocycles. The van der Waals surface area contributed by atoms with Gasteiger partial charge in [-0.25, -0.2) is 12.8 Å². The van der Waals surface area contributed by atoms with Gasteiger partial charge in [-0.2, -0.15) is 4.31 Å². The number of halogens is 3. The maximum absolute atomic E-state index is 13.8. The molecule has 0 aromatic heterocycles. The van der Waals surface area contributed by atoms with Crippen molar-refractivity contribution in [1.29, 1.82) is 0 Å². The van der Waals surface area contributed by atoms with Crippen LogP contribution in [0.3, 0.4) is 0 Å². The molecule has 0 spiro atoms. The highest BCUT2D eigenvalue weighted by molar-refractivity contribution is 7.92. The van der Waals surface area contributed by atoms with E-state index in [0.29, 0.717) is 10.6 Å². The first-order valence-electron chi connectivity index (χ1n) is 6.62. The van der Waals surface area contributed by atoms with Gasteiger partial charge in [0.1, 0.15) is 5.82 Å². The predicted molar refractivity (Wildman–Crippen MR) is 92.3 cm³/mol. The Morgan fingerprint density at radius 1 is 1.13 bits per heavy atom. The van der Waals surface area contributed by atoms with Crippen LogP contribution in [-0.4, -0.2) is 19.8 Å². The first kappa shape index (κ1) is 17.9. The van der Waals surface area contributed by atoms with Gasteiger partial charge in [0.05, 0.1) is 0 Å². The van der Waals surface area contributed by atoms with Gasteiger partial charge >= 0.3 is 0 Å². The van der Waals surface area contributed by atoms with Crippen molar-refractivity contribution < 1.29 is 12.8 Å². The average Bonchev–Trinajstić information content (AvgIpc) is 2.50. The Morgan fingerprint density at radius 3 is 2.39 bits per heavy atom. The first-order valence-corrected chi connectivity index (χ1v) is 8.88. The molecule has 7 heteroatoms. The molecule has 0 heterocycles. The van der Waals surface area contributed by atoms with Crippen LogP contribution in [-0.2, 0) is 16.6 Å². The van der Waals surface area contributed by atoms with Gasteiger partial charge < -0.3 is 0 Å². The highest BCUT2D eigenvalue weighted by atomic mass is 35.5. The van der Waals surface area contributed by atoms with Gasteiger partial charge in [-0.05, 0) is 35.9 Å². The monoisotopic (exact) mass is 373 g/mol. The van der Waals surface area contributed by atoms with Crippen LogP contribution in [0, 0.1) is 5.82 Å². The summed E-state index contributed by atoms with van der Waals surface area (Å²) in [6.07, 6.45) is 1.45. The van der Waals surface area contributed by atoms with Crippen LogP contribution in [0.15, 0.2) is 47.9 Å². The lowest BCUT2D eigenvalue weighted by Crippen LogP contribution is -2.25. The Kier molecular flexibility index (Phi) is 5.81. The zero-order valence-corrected chi connectivity index (χ0v) is 14.5. The van der Waals surface area contributed by atoms with Crippen LogP contribution in [0.1, 0.15) is 11.1 Å². The van der Waals surface area contributed by atoms with Crippen molar-refractivity contribution in [3.63, 3.8) is 0 Å². The molecule has 0 fully saturated rings. The van der Waals surface area contributed by atoms with Gasteiger partial charge in [0.25, 0.3) is 0 Å². The summed E-state index contributed by atoms with van der Waals surface area (Å²) in [4.78, 5) is 0. The molecule has 2 rings (SSSR count). The van der Waals surface area contributed by atoms with E-state index in [1.54, 1.807) is 24.3 Å². The van der Waals surface area contributed by atoms with Crippen LogP contribution in [0.5, 0.6) is 0 Å². The Bertz CT molecular complexity index is 800. The quantitative estimate of drug-likeness (QED) is 0.769. The third-order valence-corrected chi connectivity index (χ3v) is 5.26. The smallest absolute Gasteiger partial charge is 0.208 e. The molecule has 0 saturated heterocycles. The molecule has 0 atom stereocenters. The molecule has 23 heavy (non-hydrogen) atoms. The normalized spacial score (nSPS) is 12.2. The van der Waals surface area contributed by atoms with E-state index in [1.165, 1.54) is 31.3 Å². The van der Waals surface area contributed by atoms with Crippen LogP contribution in [0.2, 0.25) is 10.0 Å². The van der Waals surface area contributed by atoms with Crippen molar-refractivity contribution in [1.82, 2.24) is 4.31 Å². The second kappa shape index (κ2) is 7.45. The lowest BCUT2D eigenvalue weighted by Gasteiger charge is -2.16. The van der Waals surface area contributed by atoms with Gasteiger partial charge in [0.2, 0.25) is 10.0 Å². The van der Waals surface area contributed by atoms with Crippen LogP contribution in [0.4, 0.5) is 4.39 Å². The molecular formula is C16H14Cl2FNO2S. The third kappa shape index (κ3) is 4.78. The van der Waals surface area contributed by atoms with Gasteiger partial charge in [0, 0.05) is 34.6 Å². The van der Waals surface area contributed by atoms with Crippen molar-refractivity contribution in [2.75, 3.05) is 7.05 Å². The second-order valence-electron chi connectivity index (χ2n) is 4.86. The van der Waals surface area contributed by atoms with Crippen LogP contribution >= 0.6 is 23.2 Å². The van der Waals surface area contributed by atoms with Crippen molar-refractivity contribution in [2.24, 2.45) is 0 Å². The minimum absolute atomic E-state index is 0.139. The summed E-state index contributed by atoms with van der Waals surface area (Å²) < 4.78 is 39.3.